The van der Waals surface area contributed by atoms with Gasteiger partial charge in [-0.3, -0.25) is 4.79 Å². The highest BCUT2D eigenvalue weighted by Crippen LogP contribution is 2.26. The minimum absolute atomic E-state index is 0.000559. The van der Waals surface area contributed by atoms with E-state index in [-0.39, 0.29) is 28.8 Å². The molecule has 0 saturated carbocycles. The summed E-state index contributed by atoms with van der Waals surface area (Å²) in [7, 11) is -7.49. The van der Waals surface area contributed by atoms with E-state index in [4.69, 9.17) is 5.14 Å². The minimum atomic E-state index is -3.77. The van der Waals surface area contributed by atoms with Crippen molar-refractivity contribution in [2.75, 3.05) is 13.1 Å². The van der Waals surface area contributed by atoms with Gasteiger partial charge in [0, 0.05) is 19.6 Å². The number of nitrogens with zero attached hydrogens (tertiary/aromatic N) is 1. The maximum absolute atomic E-state index is 13.2. The van der Waals surface area contributed by atoms with Crippen molar-refractivity contribution >= 4 is 36.7 Å². The molecular weight excluding hydrogens is 462 g/mol. The number of sulfonamides is 2. The lowest BCUT2D eigenvalue weighted by Crippen LogP contribution is -2.45. The van der Waals surface area contributed by atoms with E-state index in [0.717, 1.165) is 10.8 Å². The molecule has 4 rings (SSSR count). The van der Waals surface area contributed by atoms with Crippen LogP contribution in [0.5, 0.6) is 0 Å². The smallest absolute Gasteiger partial charge is 0.243 e. The number of piperidine rings is 1. The number of rotatable bonds is 6. The number of benzene rings is 3. The molecule has 1 atom stereocenters. The van der Waals surface area contributed by atoms with E-state index < -0.39 is 26.0 Å². The van der Waals surface area contributed by atoms with Gasteiger partial charge in [0.15, 0.2) is 0 Å². The van der Waals surface area contributed by atoms with Gasteiger partial charge in [0.2, 0.25) is 26.0 Å². The second-order valence-corrected chi connectivity index (χ2v) is 11.6. The first-order valence-electron chi connectivity index (χ1n) is 10.5. The van der Waals surface area contributed by atoms with Gasteiger partial charge in [-0.2, -0.15) is 4.31 Å². The molecule has 0 spiro atoms. The lowest BCUT2D eigenvalue weighted by atomic mass is 9.99. The monoisotopic (exact) mass is 487 g/mol. The Bertz CT molecular complexity index is 1390. The second-order valence-electron chi connectivity index (χ2n) is 8.12. The standard InChI is InChI=1S/C23H25N3O5S2/c24-32(28,29)21-10-7-17(8-11-21)15-25-23(27)20-6-3-13-26(16-20)33(30,31)22-12-9-18-4-1-2-5-19(18)14-22/h1-2,4-5,7-12,14,20H,3,6,13,15-16H2,(H,25,27)(H2,24,28,29)/t20-/m1/s1. The molecular formula is C23H25N3O5S2. The van der Waals surface area contributed by atoms with Crippen molar-refractivity contribution in [2.24, 2.45) is 11.1 Å². The molecule has 3 N–H and O–H groups in total. The number of amides is 1. The molecule has 3 aromatic rings. The minimum Gasteiger partial charge on any atom is -0.352 e. The van der Waals surface area contributed by atoms with Crippen molar-refractivity contribution in [3.63, 3.8) is 0 Å². The van der Waals surface area contributed by atoms with Crippen LogP contribution in [0, 0.1) is 5.92 Å². The summed E-state index contributed by atoms with van der Waals surface area (Å²) in [5.41, 5.74) is 0.715. The molecule has 0 aromatic heterocycles. The van der Waals surface area contributed by atoms with Crippen molar-refractivity contribution in [2.45, 2.75) is 29.2 Å². The Morgan fingerprint density at radius 3 is 2.30 bits per heavy atom. The zero-order valence-electron chi connectivity index (χ0n) is 17.8. The predicted octanol–water partition coefficient (Wildman–Crippen LogP) is 2.20. The molecule has 1 heterocycles. The molecule has 1 aliphatic rings. The highest BCUT2D eigenvalue weighted by molar-refractivity contribution is 7.89. The number of carbonyl (C=O) groups excluding carboxylic acids is 1. The van der Waals surface area contributed by atoms with E-state index in [9.17, 15) is 21.6 Å². The Morgan fingerprint density at radius 2 is 1.61 bits per heavy atom. The van der Waals surface area contributed by atoms with Crippen LogP contribution in [-0.2, 0) is 31.4 Å². The molecule has 1 amide bonds. The van der Waals surface area contributed by atoms with Crippen LogP contribution in [0.3, 0.4) is 0 Å². The van der Waals surface area contributed by atoms with Gasteiger partial charge in [0.25, 0.3) is 0 Å². The molecule has 1 fully saturated rings. The van der Waals surface area contributed by atoms with Crippen LogP contribution >= 0.6 is 0 Å². The molecule has 8 nitrogen and oxygen atoms in total. The van der Waals surface area contributed by atoms with Gasteiger partial charge in [-0.15, -0.1) is 0 Å². The van der Waals surface area contributed by atoms with E-state index in [2.05, 4.69) is 5.32 Å². The van der Waals surface area contributed by atoms with Gasteiger partial charge in [0.1, 0.15) is 0 Å². The third kappa shape index (κ3) is 5.25. The van der Waals surface area contributed by atoms with Gasteiger partial charge in [-0.1, -0.05) is 42.5 Å². The quantitative estimate of drug-likeness (QED) is 0.551. The topological polar surface area (TPSA) is 127 Å². The third-order valence-corrected chi connectivity index (χ3v) is 8.62. The summed E-state index contributed by atoms with van der Waals surface area (Å²) in [6.45, 7) is 0.691. The van der Waals surface area contributed by atoms with Crippen molar-refractivity contribution in [1.82, 2.24) is 9.62 Å². The SMILES string of the molecule is NS(=O)(=O)c1ccc(CNC(=O)[C@@H]2CCCN(S(=O)(=O)c3ccc4ccccc4c3)C2)cc1. The van der Waals surface area contributed by atoms with Crippen molar-refractivity contribution < 1.29 is 21.6 Å². The molecule has 0 aliphatic carbocycles. The third-order valence-electron chi connectivity index (χ3n) is 5.83. The average Bonchev–Trinajstić information content (AvgIpc) is 2.82. The summed E-state index contributed by atoms with van der Waals surface area (Å²) in [5.74, 6) is -0.693. The predicted molar refractivity (Wildman–Crippen MR) is 125 cm³/mol. The van der Waals surface area contributed by atoms with Gasteiger partial charge < -0.3 is 5.32 Å². The molecule has 1 saturated heterocycles. The summed E-state index contributed by atoms with van der Waals surface area (Å²) in [6, 6.07) is 18.6. The van der Waals surface area contributed by atoms with Crippen molar-refractivity contribution in [1.29, 1.82) is 0 Å². The normalized spacial score (nSPS) is 17.7. The highest BCUT2D eigenvalue weighted by atomic mass is 32.2. The van der Waals surface area contributed by atoms with Gasteiger partial charge in [-0.25, -0.2) is 22.0 Å². The van der Waals surface area contributed by atoms with E-state index >= 15 is 0 Å². The first kappa shape index (κ1) is 23.4. The summed E-state index contributed by atoms with van der Waals surface area (Å²) in [6.07, 6.45) is 1.19. The Labute approximate surface area is 193 Å². The van der Waals surface area contributed by atoms with E-state index in [1.165, 1.54) is 16.4 Å². The summed E-state index contributed by atoms with van der Waals surface area (Å²) >= 11 is 0. The molecule has 0 bridgehead atoms. The number of hydrogen-bond acceptors (Lipinski definition) is 5. The van der Waals surface area contributed by atoms with Gasteiger partial charge in [-0.05, 0) is 53.4 Å². The van der Waals surface area contributed by atoms with Crippen LogP contribution in [0.1, 0.15) is 18.4 Å². The van der Waals surface area contributed by atoms with Crippen LogP contribution in [0.2, 0.25) is 0 Å². The Balaban J connectivity index is 1.42. The van der Waals surface area contributed by atoms with Crippen molar-refractivity contribution in [3.05, 3.63) is 72.3 Å². The second kappa shape index (κ2) is 9.22. The first-order chi connectivity index (χ1) is 15.6. The van der Waals surface area contributed by atoms with E-state index in [1.54, 1.807) is 30.3 Å². The number of primary sulfonamides is 1. The summed E-state index contributed by atoms with van der Waals surface area (Å²) < 4.78 is 50.5. The molecule has 0 radical (unpaired) electrons. The van der Waals surface area contributed by atoms with Gasteiger partial charge >= 0.3 is 0 Å². The van der Waals surface area contributed by atoms with Gasteiger partial charge in [0.05, 0.1) is 15.7 Å². The lowest BCUT2D eigenvalue weighted by Gasteiger charge is -2.31. The summed E-state index contributed by atoms with van der Waals surface area (Å²) in [4.78, 5) is 13.0. The lowest BCUT2D eigenvalue weighted by molar-refractivity contribution is -0.126. The van der Waals surface area contributed by atoms with Crippen molar-refractivity contribution in [3.8, 4) is 0 Å². The number of nitrogens with one attached hydrogen (secondary N) is 1. The van der Waals surface area contributed by atoms with Crippen LogP contribution in [0.4, 0.5) is 0 Å². The molecule has 174 valence electrons. The zero-order valence-corrected chi connectivity index (χ0v) is 19.5. The molecule has 10 heteroatoms. The number of carbonyl (C=O) groups is 1. The fourth-order valence-corrected chi connectivity index (χ4v) is 6.06. The zero-order chi connectivity index (χ0) is 23.6. The van der Waals surface area contributed by atoms with E-state index in [1.807, 2.05) is 24.3 Å². The van der Waals surface area contributed by atoms with Crippen LogP contribution in [0.15, 0.2) is 76.5 Å². The Kier molecular flexibility index (Phi) is 6.53. The maximum atomic E-state index is 13.2. The first-order valence-corrected chi connectivity index (χ1v) is 13.5. The molecule has 3 aromatic carbocycles. The number of nitrogens with two attached hydrogens (primary N) is 1. The largest absolute Gasteiger partial charge is 0.352 e. The van der Waals surface area contributed by atoms with Crippen LogP contribution in [0.25, 0.3) is 10.8 Å². The van der Waals surface area contributed by atoms with Crippen LogP contribution in [-0.4, -0.2) is 40.1 Å². The van der Waals surface area contributed by atoms with E-state index in [0.29, 0.717) is 24.9 Å². The number of hydrogen-bond donors (Lipinski definition) is 2. The fourth-order valence-electron chi connectivity index (χ4n) is 3.98. The fraction of sp³-hybridized carbons (Fsp3) is 0.261. The summed E-state index contributed by atoms with van der Waals surface area (Å²) in [5, 5.41) is 9.72. The molecule has 33 heavy (non-hydrogen) atoms. The number of fused-ring (bicyclic) bond motifs is 1. The molecule has 0 unspecified atom stereocenters. The van der Waals surface area contributed by atoms with Crippen LogP contribution < -0.4 is 10.5 Å². The Hall–Kier alpha value is -2.79. The molecule has 1 aliphatic heterocycles. The average molecular weight is 488 g/mol. The highest BCUT2D eigenvalue weighted by Gasteiger charge is 2.33. The Morgan fingerprint density at radius 1 is 0.939 bits per heavy atom. The maximum Gasteiger partial charge on any atom is 0.243 e.